The van der Waals surface area contributed by atoms with Crippen molar-refractivity contribution < 1.29 is 13.3 Å². The van der Waals surface area contributed by atoms with Gasteiger partial charge < -0.3 is 10.2 Å². The molecule has 1 aromatic heterocycles. The van der Waals surface area contributed by atoms with Crippen molar-refractivity contribution in [2.24, 2.45) is 0 Å². The summed E-state index contributed by atoms with van der Waals surface area (Å²) < 4.78 is 30.1. The third kappa shape index (κ3) is 8.86. The van der Waals surface area contributed by atoms with Crippen LogP contribution >= 0.6 is 23.4 Å². The molecule has 0 atom stereocenters. The second-order valence-corrected chi connectivity index (χ2v) is 17.8. The average molecular weight is 820 g/mol. The number of nitrogens with one attached hydrogen (secondary N) is 2. The van der Waals surface area contributed by atoms with E-state index in [1.54, 1.807) is 11.8 Å². The summed E-state index contributed by atoms with van der Waals surface area (Å²) in [5, 5.41) is 17.1. The van der Waals surface area contributed by atoms with E-state index in [4.69, 9.17) is 11.6 Å². The van der Waals surface area contributed by atoms with Crippen molar-refractivity contribution in [3.05, 3.63) is 142 Å². The number of aromatic nitrogens is 2. The number of thioether (sulfide) groups is 1. The summed E-state index contributed by atoms with van der Waals surface area (Å²) in [4.78, 5) is 26.2. The van der Waals surface area contributed by atoms with E-state index in [1.807, 2.05) is 48.5 Å². The Hall–Kier alpha value is -5.21. The molecule has 0 amide bonds. The fourth-order valence-corrected chi connectivity index (χ4v) is 10.1. The highest BCUT2D eigenvalue weighted by Gasteiger charge is 2.36. The van der Waals surface area contributed by atoms with Gasteiger partial charge in [-0.1, -0.05) is 79.0 Å². The minimum absolute atomic E-state index is 0.100. The number of piperazine rings is 1. The van der Waals surface area contributed by atoms with E-state index < -0.39 is 14.9 Å². The second-order valence-electron chi connectivity index (χ2n) is 14.6. The van der Waals surface area contributed by atoms with E-state index in [0.717, 1.165) is 86.4 Å². The number of nitro groups is 1. The van der Waals surface area contributed by atoms with Crippen molar-refractivity contribution in [3.8, 4) is 11.1 Å². The molecule has 292 valence electrons. The Balaban J connectivity index is 0.945. The van der Waals surface area contributed by atoms with Gasteiger partial charge in [-0.25, -0.2) is 18.4 Å². The minimum Gasteiger partial charge on any atom is -0.373 e. The Morgan fingerprint density at radius 1 is 0.842 bits per heavy atom. The van der Waals surface area contributed by atoms with Crippen LogP contribution in [-0.2, 0) is 16.6 Å². The highest BCUT2D eigenvalue weighted by molar-refractivity contribution is 7.99. The van der Waals surface area contributed by atoms with Crippen molar-refractivity contribution in [3.63, 3.8) is 0 Å². The second kappa shape index (κ2) is 16.7. The molecule has 0 radical (unpaired) electrons. The molecular formula is C43H42ClN7O4S2. The van der Waals surface area contributed by atoms with Gasteiger partial charge in [-0.05, 0) is 84.1 Å². The molecule has 2 heterocycles. The number of benzene rings is 5. The maximum Gasteiger partial charge on any atom is 0.293 e. The summed E-state index contributed by atoms with van der Waals surface area (Å²) >= 11 is 7.85. The first-order valence-corrected chi connectivity index (χ1v) is 21.8. The summed E-state index contributed by atoms with van der Waals surface area (Å²) in [5.41, 5.74) is 4.83. The molecular weight excluding hydrogens is 778 g/mol. The van der Waals surface area contributed by atoms with Gasteiger partial charge in [-0.3, -0.25) is 19.7 Å². The maximum absolute atomic E-state index is 13.8. The van der Waals surface area contributed by atoms with Gasteiger partial charge in [0.25, 0.3) is 15.7 Å². The van der Waals surface area contributed by atoms with Crippen molar-refractivity contribution >= 4 is 67.2 Å². The smallest absolute Gasteiger partial charge is 0.293 e. The summed E-state index contributed by atoms with van der Waals surface area (Å²) in [6, 6.07) is 36.2. The number of sulfonamides is 1. The van der Waals surface area contributed by atoms with Gasteiger partial charge in [0, 0.05) is 71.1 Å². The van der Waals surface area contributed by atoms with Crippen LogP contribution < -0.4 is 14.9 Å². The van der Waals surface area contributed by atoms with E-state index in [9.17, 15) is 18.5 Å². The first-order valence-electron chi connectivity index (χ1n) is 19.0. The third-order valence-corrected chi connectivity index (χ3v) is 13.7. The Morgan fingerprint density at radius 2 is 1.58 bits per heavy atom. The van der Waals surface area contributed by atoms with E-state index in [-0.39, 0.29) is 21.9 Å². The standard InChI is InChI=1S/C43H42ClN7O4S2/c44-33-14-12-31(13-15-33)37-11-5-4-8-32(37)28-49-22-24-50(25-23-49)34-16-18-38-40(26-34)45-30-46-42(38)48-57(54,55)36-17-19-39(41(27-36)51(52)53)47-43(20-6-7-21-43)29-56-35-9-2-1-3-10-35/h1-5,8-19,26-27,30,47H,6-7,20-25,28-29H2,(H,45,46,48). The van der Waals surface area contributed by atoms with Gasteiger partial charge in [0.05, 0.1) is 15.3 Å². The minimum atomic E-state index is -4.25. The average Bonchev–Trinajstić information content (AvgIpc) is 3.69. The summed E-state index contributed by atoms with van der Waals surface area (Å²) in [6.45, 7) is 4.20. The Labute approximate surface area is 341 Å². The number of hydrogen-bond acceptors (Lipinski definition) is 10. The molecule has 57 heavy (non-hydrogen) atoms. The van der Waals surface area contributed by atoms with Crippen LogP contribution in [0.3, 0.4) is 0 Å². The fourth-order valence-electron chi connectivity index (χ4n) is 7.80. The summed E-state index contributed by atoms with van der Waals surface area (Å²) in [5.74, 6) is 0.832. The Kier molecular flexibility index (Phi) is 11.3. The number of anilines is 3. The zero-order chi connectivity index (χ0) is 39.4. The quantitative estimate of drug-likeness (QED) is 0.0660. The first-order chi connectivity index (χ1) is 27.6. The lowest BCUT2D eigenvalue weighted by Crippen LogP contribution is -2.46. The number of nitrogens with zero attached hydrogens (tertiary/aromatic N) is 5. The largest absolute Gasteiger partial charge is 0.373 e. The number of halogens is 1. The lowest BCUT2D eigenvalue weighted by atomic mass is 9.99. The van der Waals surface area contributed by atoms with Crippen LogP contribution in [0.15, 0.2) is 131 Å². The van der Waals surface area contributed by atoms with Crippen LogP contribution in [0.2, 0.25) is 5.02 Å². The van der Waals surface area contributed by atoms with Gasteiger partial charge in [-0.15, -0.1) is 11.8 Å². The maximum atomic E-state index is 13.8. The Morgan fingerprint density at radius 3 is 2.33 bits per heavy atom. The van der Waals surface area contributed by atoms with E-state index in [1.165, 1.54) is 29.6 Å². The zero-order valence-corrected chi connectivity index (χ0v) is 33.6. The highest BCUT2D eigenvalue weighted by Crippen LogP contribution is 2.40. The number of hydrogen-bond donors (Lipinski definition) is 2. The van der Waals surface area contributed by atoms with E-state index in [2.05, 4.69) is 78.3 Å². The van der Waals surface area contributed by atoms with Gasteiger partial charge in [0.2, 0.25) is 0 Å². The monoisotopic (exact) mass is 819 g/mol. The molecule has 0 bridgehead atoms. The molecule has 1 aliphatic heterocycles. The van der Waals surface area contributed by atoms with Crippen molar-refractivity contribution in [1.82, 2.24) is 14.9 Å². The van der Waals surface area contributed by atoms with E-state index >= 15 is 0 Å². The summed E-state index contributed by atoms with van der Waals surface area (Å²) in [7, 11) is -4.25. The van der Waals surface area contributed by atoms with Crippen molar-refractivity contribution in [2.75, 3.05) is 46.9 Å². The molecule has 1 saturated heterocycles. The SMILES string of the molecule is O=[N+]([O-])c1cc(S(=O)(=O)Nc2ncnc3cc(N4CCN(Cc5ccccc5-c5ccc(Cl)cc5)CC4)ccc23)ccc1NC1(CSc2ccccc2)CCCC1. The molecule has 0 unspecified atom stereocenters. The molecule has 11 nitrogen and oxygen atoms in total. The molecule has 1 aliphatic carbocycles. The first kappa shape index (κ1) is 38.7. The van der Waals surface area contributed by atoms with Crippen molar-refractivity contribution in [2.45, 2.75) is 47.6 Å². The van der Waals surface area contributed by atoms with Gasteiger partial charge in [0.1, 0.15) is 12.0 Å². The zero-order valence-electron chi connectivity index (χ0n) is 31.2. The molecule has 2 aliphatic rings. The van der Waals surface area contributed by atoms with Crippen LogP contribution in [0.25, 0.3) is 22.0 Å². The predicted molar refractivity (Wildman–Crippen MR) is 230 cm³/mol. The van der Waals surface area contributed by atoms with Crippen LogP contribution in [-0.4, -0.2) is 65.7 Å². The van der Waals surface area contributed by atoms with Crippen LogP contribution in [0, 0.1) is 10.1 Å². The fraction of sp³-hybridized carbons (Fsp3) is 0.256. The molecule has 6 aromatic rings. The topological polar surface area (TPSA) is 134 Å². The molecule has 8 rings (SSSR count). The molecule has 5 aromatic carbocycles. The van der Waals surface area contributed by atoms with Crippen LogP contribution in [0.5, 0.6) is 0 Å². The number of fused-ring (bicyclic) bond motifs is 1. The van der Waals surface area contributed by atoms with Gasteiger partial charge in [0.15, 0.2) is 5.82 Å². The predicted octanol–water partition coefficient (Wildman–Crippen LogP) is 9.50. The van der Waals surface area contributed by atoms with Crippen molar-refractivity contribution in [1.29, 1.82) is 0 Å². The number of rotatable bonds is 13. The van der Waals surface area contributed by atoms with Gasteiger partial charge in [-0.2, -0.15) is 0 Å². The third-order valence-electron chi connectivity index (χ3n) is 10.9. The molecule has 14 heteroatoms. The molecule has 2 fully saturated rings. The van der Waals surface area contributed by atoms with Crippen LogP contribution in [0.1, 0.15) is 31.2 Å². The molecule has 0 spiro atoms. The number of nitro benzene ring substituents is 1. The molecule has 1 saturated carbocycles. The lowest BCUT2D eigenvalue weighted by molar-refractivity contribution is -0.384. The van der Waals surface area contributed by atoms with Crippen LogP contribution in [0.4, 0.5) is 22.9 Å². The molecule has 2 N–H and O–H groups in total. The highest BCUT2D eigenvalue weighted by atomic mass is 35.5. The summed E-state index contributed by atoms with van der Waals surface area (Å²) in [6.07, 6.45) is 5.08. The van der Waals surface area contributed by atoms with E-state index in [0.29, 0.717) is 21.6 Å². The lowest BCUT2D eigenvalue weighted by Gasteiger charge is -2.36. The Bertz CT molecular complexity index is 2490. The van der Waals surface area contributed by atoms with Gasteiger partial charge >= 0.3 is 0 Å². The normalized spacial score (nSPS) is 15.8.